The van der Waals surface area contributed by atoms with Crippen LogP contribution in [0.4, 0.5) is 5.69 Å². The molecular formula is C21H23ClN2O5. The third kappa shape index (κ3) is 3.31. The Balaban J connectivity index is 1.35. The number of imide groups is 1. The normalized spacial score (nSPS) is 28.4. The molecule has 1 N–H and O–H groups in total. The van der Waals surface area contributed by atoms with Crippen molar-refractivity contribution in [3.63, 3.8) is 0 Å². The molecule has 1 heterocycles. The van der Waals surface area contributed by atoms with Crippen molar-refractivity contribution in [2.75, 3.05) is 11.9 Å². The molecule has 2 saturated carbocycles. The summed E-state index contributed by atoms with van der Waals surface area (Å²) < 4.78 is 5.08. The molecule has 1 aromatic carbocycles. The number of benzene rings is 1. The second-order valence-electron chi connectivity index (χ2n) is 8.18. The molecule has 3 aliphatic rings. The third-order valence-electron chi connectivity index (χ3n) is 6.58. The van der Waals surface area contributed by atoms with Crippen LogP contribution in [0.25, 0.3) is 0 Å². The number of rotatable bonds is 5. The van der Waals surface area contributed by atoms with E-state index in [9.17, 15) is 19.2 Å². The van der Waals surface area contributed by atoms with Crippen LogP contribution in [0, 0.1) is 30.6 Å². The molecule has 2 aliphatic carbocycles. The lowest BCUT2D eigenvalue weighted by Gasteiger charge is -2.23. The predicted molar refractivity (Wildman–Crippen MR) is 105 cm³/mol. The molecule has 3 amide bonds. The van der Waals surface area contributed by atoms with E-state index in [2.05, 4.69) is 5.32 Å². The summed E-state index contributed by atoms with van der Waals surface area (Å²) in [5, 5.41) is 3.15. The van der Waals surface area contributed by atoms with Crippen LogP contribution in [0.1, 0.15) is 31.7 Å². The summed E-state index contributed by atoms with van der Waals surface area (Å²) in [7, 11) is 0. The highest BCUT2D eigenvalue weighted by molar-refractivity contribution is 6.31. The molecule has 29 heavy (non-hydrogen) atoms. The molecule has 1 saturated heterocycles. The first-order chi connectivity index (χ1) is 13.8. The number of hydrogen-bond acceptors (Lipinski definition) is 5. The van der Waals surface area contributed by atoms with Crippen LogP contribution >= 0.6 is 11.6 Å². The average Bonchev–Trinajstić information content (AvgIpc) is 3.37. The molecule has 3 fully saturated rings. The van der Waals surface area contributed by atoms with Gasteiger partial charge in [-0.3, -0.25) is 19.3 Å². The first kappa shape index (κ1) is 19.9. The van der Waals surface area contributed by atoms with Gasteiger partial charge in [0, 0.05) is 10.7 Å². The van der Waals surface area contributed by atoms with E-state index in [-0.39, 0.29) is 35.5 Å². The molecule has 0 aromatic heterocycles. The lowest BCUT2D eigenvalue weighted by Crippen LogP contribution is -2.45. The molecule has 0 radical (unpaired) electrons. The van der Waals surface area contributed by atoms with Crippen molar-refractivity contribution < 1.29 is 23.9 Å². The number of amides is 3. The topological polar surface area (TPSA) is 92.8 Å². The molecule has 0 unspecified atom stereocenters. The second kappa shape index (κ2) is 7.44. The van der Waals surface area contributed by atoms with E-state index in [1.165, 1.54) is 6.92 Å². The third-order valence-corrected chi connectivity index (χ3v) is 6.99. The van der Waals surface area contributed by atoms with Crippen molar-refractivity contribution in [1.29, 1.82) is 0 Å². The number of esters is 1. The van der Waals surface area contributed by atoms with E-state index < -0.39 is 24.5 Å². The first-order valence-electron chi connectivity index (χ1n) is 9.88. The molecule has 4 rings (SSSR count). The van der Waals surface area contributed by atoms with Crippen LogP contribution in [0.15, 0.2) is 18.2 Å². The number of hydrogen-bond donors (Lipinski definition) is 1. The van der Waals surface area contributed by atoms with Gasteiger partial charge in [-0.15, -0.1) is 0 Å². The van der Waals surface area contributed by atoms with Crippen molar-refractivity contribution in [2.45, 2.75) is 39.2 Å². The molecule has 1 aliphatic heterocycles. The number of anilines is 1. The van der Waals surface area contributed by atoms with Gasteiger partial charge in [-0.2, -0.15) is 0 Å². The minimum absolute atomic E-state index is 0.251. The maximum atomic E-state index is 12.8. The minimum Gasteiger partial charge on any atom is -0.454 e. The lowest BCUT2D eigenvalue weighted by molar-refractivity contribution is -0.159. The fourth-order valence-corrected chi connectivity index (χ4v) is 5.28. The quantitative estimate of drug-likeness (QED) is 0.586. The van der Waals surface area contributed by atoms with E-state index >= 15 is 0 Å². The fraction of sp³-hybridized carbons (Fsp3) is 0.524. The largest absolute Gasteiger partial charge is 0.454 e. The fourth-order valence-electron chi connectivity index (χ4n) is 5.11. The Hall–Kier alpha value is -2.41. The molecule has 154 valence electrons. The van der Waals surface area contributed by atoms with Crippen LogP contribution < -0.4 is 5.32 Å². The van der Waals surface area contributed by atoms with Crippen LogP contribution in [0.3, 0.4) is 0 Å². The average molecular weight is 419 g/mol. The van der Waals surface area contributed by atoms with Crippen molar-refractivity contribution in [2.24, 2.45) is 23.7 Å². The van der Waals surface area contributed by atoms with Crippen LogP contribution in [-0.4, -0.2) is 41.2 Å². The van der Waals surface area contributed by atoms with Crippen LogP contribution in [0.5, 0.6) is 0 Å². The smallest absolute Gasteiger partial charge is 0.329 e. The molecule has 7 nitrogen and oxygen atoms in total. The summed E-state index contributed by atoms with van der Waals surface area (Å²) in [6.07, 6.45) is 2.88. The van der Waals surface area contributed by atoms with Gasteiger partial charge in [0.25, 0.3) is 5.91 Å². The Morgan fingerprint density at radius 3 is 2.45 bits per heavy atom. The second-order valence-corrected chi connectivity index (χ2v) is 8.58. The van der Waals surface area contributed by atoms with Gasteiger partial charge in [-0.1, -0.05) is 17.7 Å². The van der Waals surface area contributed by atoms with Gasteiger partial charge in [0.05, 0.1) is 11.8 Å². The highest BCUT2D eigenvalue weighted by Crippen LogP contribution is 2.56. The van der Waals surface area contributed by atoms with E-state index in [0.717, 1.165) is 24.2 Å². The molecule has 5 atom stereocenters. The van der Waals surface area contributed by atoms with Gasteiger partial charge in [-0.25, -0.2) is 4.79 Å². The number of nitrogens with zero attached hydrogens (tertiary/aromatic N) is 1. The highest BCUT2D eigenvalue weighted by Gasteiger charge is 2.62. The van der Waals surface area contributed by atoms with Crippen LogP contribution in [-0.2, 0) is 23.9 Å². The summed E-state index contributed by atoms with van der Waals surface area (Å²) in [5.41, 5.74) is 1.23. The number of likely N-dealkylation sites (tertiary alicyclic amines) is 1. The summed E-state index contributed by atoms with van der Waals surface area (Å²) in [6.45, 7) is 2.73. The molecule has 1 aromatic rings. The Labute approximate surface area is 173 Å². The van der Waals surface area contributed by atoms with E-state index in [4.69, 9.17) is 16.3 Å². The maximum Gasteiger partial charge on any atom is 0.329 e. The number of nitrogens with one attached hydrogen (secondary N) is 1. The van der Waals surface area contributed by atoms with Gasteiger partial charge >= 0.3 is 5.97 Å². The summed E-state index contributed by atoms with van der Waals surface area (Å²) in [6, 6.07) is 4.06. The Bertz CT molecular complexity index is 873. The lowest BCUT2D eigenvalue weighted by atomic mass is 9.81. The molecular weight excluding hydrogens is 396 g/mol. The summed E-state index contributed by atoms with van der Waals surface area (Å²) >= 11 is 6.03. The summed E-state index contributed by atoms with van der Waals surface area (Å²) in [4.78, 5) is 51.2. The number of ether oxygens (including phenoxy) is 1. The van der Waals surface area contributed by atoms with Crippen molar-refractivity contribution >= 4 is 41.0 Å². The summed E-state index contributed by atoms with van der Waals surface area (Å²) in [5.74, 6) is -1.90. The molecule has 2 bridgehead atoms. The van der Waals surface area contributed by atoms with Crippen molar-refractivity contribution in [3.05, 3.63) is 28.8 Å². The van der Waals surface area contributed by atoms with Crippen molar-refractivity contribution in [1.82, 2.24) is 4.90 Å². The highest BCUT2D eigenvalue weighted by atomic mass is 35.5. The van der Waals surface area contributed by atoms with Gasteiger partial charge in [0.2, 0.25) is 11.8 Å². The van der Waals surface area contributed by atoms with Crippen LogP contribution in [0.2, 0.25) is 5.02 Å². The zero-order chi connectivity index (χ0) is 20.9. The van der Waals surface area contributed by atoms with Gasteiger partial charge in [0.1, 0.15) is 6.04 Å². The number of fused-ring (bicyclic) bond motifs is 5. The van der Waals surface area contributed by atoms with Gasteiger partial charge < -0.3 is 10.1 Å². The Kier molecular flexibility index (Phi) is 5.11. The molecule has 0 spiro atoms. The number of halogens is 1. The van der Waals surface area contributed by atoms with E-state index in [0.29, 0.717) is 16.3 Å². The number of carbonyl (C=O) groups excluding carboxylic acids is 4. The predicted octanol–water partition coefficient (Wildman–Crippen LogP) is 2.55. The zero-order valence-electron chi connectivity index (χ0n) is 16.3. The maximum absolute atomic E-state index is 12.8. The number of carbonyl (C=O) groups is 4. The van der Waals surface area contributed by atoms with Crippen molar-refractivity contribution in [3.8, 4) is 0 Å². The molecule has 8 heteroatoms. The zero-order valence-corrected chi connectivity index (χ0v) is 17.1. The van der Waals surface area contributed by atoms with E-state index in [1.54, 1.807) is 25.1 Å². The standard InChI is InChI=1S/C21H23ClN2O5/c1-10-14(22)4-3-5-15(10)23-16(25)9-29-21(28)11(2)24-19(26)17-12-6-7-13(8-12)18(17)20(24)27/h3-5,11-13,17-18H,6-9H2,1-2H3,(H,23,25)/t11-,12+,13+,17-,18+/m0/s1. The van der Waals surface area contributed by atoms with Gasteiger partial charge in [-0.05, 0) is 62.6 Å². The first-order valence-corrected chi connectivity index (χ1v) is 10.3. The Morgan fingerprint density at radius 2 is 1.83 bits per heavy atom. The minimum atomic E-state index is -1.04. The van der Waals surface area contributed by atoms with Gasteiger partial charge in [0.15, 0.2) is 6.61 Å². The SMILES string of the molecule is Cc1c(Cl)cccc1NC(=O)COC(=O)[C@H](C)N1C(=O)[C@@H]2[C@@H]3CC[C@H](C3)[C@@H]2C1=O. The monoisotopic (exact) mass is 418 g/mol. The Morgan fingerprint density at radius 1 is 1.21 bits per heavy atom. The van der Waals surface area contributed by atoms with E-state index in [1.807, 2.05) is 0 Å².